The first-order chi connectivity index (χ1) is 12.5. The van der Waals surface area contributed by atoms with Gasteiger partial charge in [-0.15, -0.1) is 4.68 Å². The zero-order valence-electron chi connectivity index (χ0n) is 13.7. The number of carboxylic acid groups (broad SMARTS) is 1. The molecule has 8 heteroatoms. The Morgan fingerprint density at radius 2 is 1.88 bits per heavy atom. The van der Waals surface area contributed by atoms with Gasteiger partial charge in [0.15, 0.2) is 6.10 Å². The normalized spacial score (nSPS) is 12.3. The lowest BCUT2D eigenvalue weighted by Gasteiger charge is -2.09. The van der Waals surface area contributed by atoms with Crippen LogP contribution in [0, 0.1) is 0 Å². The van der Waals surface area contributed by atoms with Crippen LogP contribution >= 0.6 is 0 Å². The van der Waals surface area contributed by atoms with E-state index in [9.17, 15) is 14.4 Å². The van der Waals surface area contributed by atoms with Gasteiger partial charge in [-0.25, -0.2) is 9.59 Å². The quantitative estimate of drug-likeness (QED) is 0.674. The van der Waals surface area contributed by atoms with Crippen LogP contribution < -0.4 is 16.0 Å². The van der Waals surface area contributed by atoms with Gasteiger partial charge in [0.05, 0.1) is 17.1 Å². The third-order valence-electron chi connectivity index (χ3n) is 3.65. The Morgan fingerprint density at radius 3 is 2.58 bits per heavy atom. The van der Waals surface area contributed by atoms with E-state index in [1.165, 1.54) is 13.1 Å². The molecule has 0 amide bonds. The molecule has 0 bridgehead atoms. The minimum atomic E-state index is -1.06. The molecule has 2 aromatic carbocycles. The molecule has 0 saturated carbocycles. The Hall–Kier alpha value is -3.68. The van der Waals surface area contributed by atoms with Crippen LogP contribution in [0.2, 0.25) is 0 Å². The Morgan fingerprint density at radius 1 is 1.19 bits per heavy atom. The number of aromatic amines is 1. The van der Waals surface area contributed by atoms with Crippen LogP contribution in [-0.4, -0.2) is 33.1 Å². The van der Waals surface area contributed by atoms with Crippen LogP contribution in [0.5, 0.6) is 5.75 Å². The zero-order valence-corrected chi connectivity index (χ0v) is 13.7. The largest absolute Gasteiger partial charge is 0.479 e. The number of carboxylic acids is 1. The number of fused-ring (bicyclic) bond motifs is 1. The van der Waals surface area contributed by atoms with Crippen LogP contribution in [0.1, 0.15) is 12.5 Å². The molecule has 132 valence electrons. The Labute approximate surface area is 147 Å². The van der Waals surface area contributed by atoms with Crippen molar-refractivity contribution in [3.63, 3.8) is 0 Å². The molecule has 1 heterocycles. The first kappa shape index (κ1) is 17.2. The van der Waals surface area contributed by atoms with E-state index in [0.717, 1.165) is 4.68 Å². The lowest BCUT2D eigenvalue weighted by Crippen LogP contribution is -2.32. The average Bonchev–Trinajstić information content (AvgIpc) is 2.62. The van der Waals surface area contributed by atoms with Gasteiger partial charge in [-0.05, 0) is 48.9 Å². The Bertz CT molecular complexity index is 1100. The van der Waals surface area contributed by atoms with Crippen LogP contribution in [0.4, 0.5) is 0 Å². The molecule has 26 heavy (non-hydrogen) atoms. The maximum absolute atomic E-state index is 12.4. The molecule has 1 atom stereocenters. The molecular weight excluding hydrogens is 338 g/mol. The molecule has 0 fully saturated rings. The molecule has 0 aliphatic heterocycles. The zero-order chi connectivity index (χ0) is 18.7. The Balaban J connectivity index is 1.86. The number of nitrogens with one attached hydrogen (secondary N) is 1. The maximum atomic E-state index is 12.4. The monoisotopic (exact) mass is 353 g/mol. The average molecular weight is 353 g/mol. The molecule has 3 aromatic rings. The third-order valence-corrected chi connectivity index (χ3v) is 3.65. The van der Waals surface area contributed by atoms with Crippen LogP contribution in [0.15, 0.2) is 63.2 Å². The molecule has 1 aromatic heterocycles. The summed E-state index contributed by atoms with van der Waals surface area (Å²) in [6, 6.07) is 13.1. The summed E-state index contributed by atoms with van der Waals surface area (Å²) in [6.07, 6.45) is 0.389. The maximum Gasteiger partial charge on any atom is 0.349 e. The minimum Gasteiger partial charge on any atom is -0.479 e. The van der Waals surface area contributed by atoms with Gasteiger partial charge in [0.2, 0.25) is 0 Å². The number of aliphatic carboxylic acids is 1. The molecule has 3 rings (SSSR count). The molecular formula is C18H15N3O5. The van der Waals surface area contributed by atoms with Gasteiger partial charge in [-0.1, -0.05) is 12.1 Å². The predicted octanol–water partition coefficient (Wildman–Crippen LogP) is 1.42. The summed E-state index contributed by atoms with van der Waals surface area (Å²) in [5, 5.41) is 13.1. The molecule has 8 nitrogen and oxygen atoms in total. The first-order valence-corrected chi connectivity index (χ1v) is 7.73. The van der Waals surface area contributed by atoms with Crippen molar-refractivity contribution in [3.05, 3.63) is 74.9 Å². The van der Waals surface area contributed by atoms with Gasteiger partial charge in [0.25, 0.3) is 5.56 Å². The van der Waals surface area contributed by atoms with E-state index in [2.05, 4.69) is 10.1 Å². The molecule has 0 radical (unpaired) electrons. The summed E-state index contributed by atoms with van der Waals surface area (Å²) in [7, 11) is 0. The first-order valence-electron chi connectivity index (χ1n) is 7.73. The van der Waals surface area contributed by atoms with Gasteiger partial charge >= 0.3 is 11.7 Å². The summed E-state index contributed by atoms with van der Waals surface area (Å²) < 4.78 is 5.97. The molecule has 0 saturated heterocycles. The number of ether oxygens (including phenoxy) is 1. The van der Waals surface area contributed by atoms with Gasteiger partial charge < -0.3 is 14.8 Å². The van der Waals surface area contributed by atoms with E-state index in [-0.39, 0.29) is 0 Å². The summed E-state index contributed by atoms with van der Waals surface area (Å²) >= 11 is 0. The summed E-state index contributed by atoms with van der Waals surface area (Å²) in [5.41, 5.74) is -0.0983. The number of hydrogen-bond donors (Lipinski definition) is 2. The standard InChI is InChI=1S/C18H15N3O5/c1-11(17(23)24)26-13-8-6-12(7-9-13)10-19-21-16(22)14-4-2-3-5-15(14)20-18(21)25/h2-11H,1H3,(H,20,25)(H,23,24)/t11-/m1/s1. The molecule has 0 spiro atoms. The van der Waals surface area contributed by atoms with Crippen molar-refractivity contribution in [2.75, 3.05) is 0 Å². The van der Waals surface area contributed by atoms with Gasteiger partial charge in [-0.3, -0.25) is 4.79 Å². The summed E-state index contributed by atoms with van der Waals surface area (Å²) in [6.45, 7) is 1.43. The number of carbonyl (C=O) groups is 1. The van der Waals surface area contributed by atoms with E-state index in [1.54, 1.807) is 48.5 Å². The van der Waals surface area contributed by atoms with E-state index in [0.29, 0.717) is 22.2 Å². The SMILES string of the molecule is C[C@@H](Oc1ccc(C=Nn2c(=O)[nH]c3ccccc3c2=O)cc1)C(=O)O. The second kappa shape index (κ2) is 7.06. The number of para-hydroxylation sites is 1. The Kier molecular flexibility index (Phi) is 4.66. The fraction of sp³-hybridized carbons (Fsp3) is 0.111. The van der Waals surface area contributed by atoms with Gasteiger partial charge in [-0.2, -0.15) is 5.10 Å². The van der Waals surface area contributed by atoms with Crippen molar-refractivity contribution >= 4 is 23.1 Å². The number of benzene rings is 2. The van der Waals surface area contributed by atoms with Crippen molar-refractivity contribution in [2.45, 2.75) is 13.0 Å². The van der Waals surface area contributed by atoms with Crippen molar-refractivity contribution in [3.8, 4) is 5.75 Å². The molecule has 0 aliphatic carbocycles. The van der Waals surface area contributed by atoms with Crippen molar-refractivity contribution in [1.29, 1.82) is 0 Å². The van der Waals surface area contributed by atoms with Gasteiger partial charge in [0.1, 0.15) is 5.75 Å². The molecule has 0 unspecified atom stereocenters. The fourth-order valence-electron chi connectivity index (χ4n) is 2.27. The number of rotatable bonds is 5. The second-order valence-electron chi connectivity index (χ2n) is 5.50. The predicted molar refractivity (Wildman–Crippen MR) is 96.0 cm³/mol. The smallest absolute Gasteiger partial charge is 0.349 e. The number of H-pyrrole nitrogens is 1. The number of aromatic nitrogens is 2. The number of hydrogen-bond acceptors (Lipinski definition) is 5. The van der Waals surface area contributed by atoms with Crippen molar-refractivity contribution in [2.24, 2.45) is 5.10 Å². The van der Waals surface area contributed by atoms with Gasteiger partial charge in [0, 0.05) is 0 Å². The summed E-state index contributed by atoms with van der Waals surface area (Å²) in [5.74, 6) is -0.677. The van der Waals surface area contributed by atoms with E-state index in [1.807, 2.05) is 0 Å². The molecule has 2 N–H and O–H groups in total. The van der Waals surface area contributed by atoms with E-state index in [4.69, 9.17) is 9.84 Å². The highest BCUT2D eigenvalue weighted by Gasteiger charge is 2.12. The minimum absolute atomic E-state index is 0.357. The highest BCUT2D eigenvalue weighted by molar-refractivity contribution is 5.80. The lowest BCUT2D eigenvalue weighted by molar-refractivity contribution is -0.144. The lowest BCUT2D eigenvalue weighted by atomic mass is 10.2. The van der Waals surface area contributed by atoms with Crippen LogP contribution in [-0.2, 0) is 4.79 Å². The third kappa shape index (κ3) is 3.54. The van der Waals surface area contributed by atoms with Crippen molar-refractivity contribution < 1.29 is 14.6 Å². The topological polar surface area (TPSA) is 114 Å². The van der Waals surface area contributed by atoms with Crippen LogP contribution in [0.3, 0.4) is 0 Å². The highest BCUT2D eigenvalue weighted by Crippen LogP contribution is 2.13. The highest BCUT2D eigenvalue weighted by atomic mass is 16.5. The van der Waals surface area contributed by atoms with E-state index < -0.39 is 23.3 Å². The van der Waals surface area contributed by atoms with E-state index >= 15 is 0 Å². The summed E-state index contributed by atoms with van der Waals surface area (Å²) in [4.78, 5) is 37.8. The molecule has 0 aliphatic rings. The van der Waals surface area contributed by atoms with Crippen LogP contribution in [0.25, 0.3) is 10.9 Å². The fourth-order valence-corrected chi connectivity index (χ4v) is 2.27. The van der Waals surface area contributed by atoms with Crippen molar-refractivity contribution in [1.82, 2.24) is 9.66 Å². The number of nitrogens with zero attached hydrogens (tertiary/aromatic N) is 2. The second-order valence-corrected chi connectivity index (χ2v) is 5.50.